The molecule has 10 heteroatoms. The van der Waals surface area contributed by atoms with E-state index in [0.29, 0.717) is 30.0 Å². The summed E-state index contributed by atoms with van der Waals surface area (Å²) in [7, 11) is 4.75. The zero-order valence-electron chi connectivity index (χ0n) is 22.3. The van der Waals surface area contributed by atoms with Gasteiger partial charge in [-0.05, 0) is 52.7 Å². The molecule has 204 valence electrons. The Bertz CT molecular complexity index is 1340. The molecule has 1 fully saturated rings. The fourth-order valence-corrected chi connectivity index (χ4v) is 7.12. The summed E-state index contributed by atoms with van der Waals surface area (Å²) >= 11 is 0. The van der Waals surface area contributed by atoms with E-state index in [0.717, 1.165) is 25.5 Å². The predicted molar refractivity (Wildman–Crippen MR) is 137 cm³/mol. The van der Waals surface area contributed by atoms with Crippen molar-refractivity contribution < 1.29 is 39.5 Å². The SMILES string of the molecule is CCCN1Cc2c(O)c3c(c(OC)c2C1)C[C@H]1C[C@H]2[C@H](N(C)C)C(=O)C(C(C)=O)=C(O)[C@@]2(O)C(=O)C1=C3O. The summed E-state index contributed by atoms with van der Waals surface area (Å²) in [5.74, 6) is -5.08. The maximum Gasteiger partial charge on any atom is 0.202 e. The van der Waals surface area contributed by atoms with Gasteiger partial charge in [0.15, 0.2) is 17.2 Å². The Morgan fingerprint density at radius 3 is 2.37 bits per heavy atom. The first kappa shape index (κ1) is 26.4. The molecule has 38 heavy (non-hydrogen) atoms. The average Bonchev–Trinajstić information content (AvgIpc) is 3.25. The highest BCUT2D eigenvalue weighted by Crippen LogP contribution is 2.55. The lowest BCUT2D eigenvalue weighted by molar-refractivity contribution is -0.153. The minimum Gasteiger partial charge on any atom is -0.508 e. The van der Waals surface area contributed by atoms with Gasteiger partial charge in [0.1, 0.15) is 28.6 Å². The summed E-state index contributed by atoms with van der Waals surface area (Å²) in [6.45, 7) is 5.02. The lowest BCUT2D eigenvalue weighted by atomic mass is 9.57. The molecular formula is C28H34N2O8. The molecule has 1 aromatic carbocycles. The van der Waals surface area contributed by atoms with Crippen LogP contribution in [0.25, 0.3) is 5.76 Å². The van der Waals surface area contributed by atoms with Crippen LogP contribution >= 0.6 is 0 Å². The molecule has 1 heterocycles. The smallest absolute Gasteiger partial charge is 0.202 e. The highest BCUT2D eigenvalue weighted by molar-refractivity contribution is 6.25. The molecule has 0 saturated heterocycles. The van der Waals surface area contributed by atoms with Gasteiger partial charge in [-0.3, -0.25) is 24.2 Å². The van der Waals surface area contributed by atoms with Gasteiger partial charge in [0.2, 0.25) is 5.78 Å². The number of nitrogens with zero attached hydrogens (tertiary/aromatic N) is 2. The van der Waals surface area contributed by atoms with Gasteiger partial charge in [-0.2, -0.15) is 0 Å². The topological polar surface area (TPSA) is 148 Å². The number of rotatable bonds is 5. The number of ketones is 3. The van der Waals surface area contributed by atoms with Gasteiger partial charge in [0.25, 0.3) is 0 Å². The zero-order valence-corrected chi connectivity index (χ0v) is 22.3. The van der Waals surface area contributed by atoms with Gasteiger partial charge in [0, 0.05) is 41.3 Å². The number of carbonyl (C=O) groups is 3. The summed E-state index contributed by atoms with van der Waals surface area (Å²) in [5.41, 5.74) is -1.18. The molecule has 5 rings (SSSR count). The lowest BCUT2D eigenvalue weighted by Crippen LogP contribution is -2.65. The lowest BCUT2D eigenvalue weighted by Gasteiger charge is -2.50. The fraction of sp³-hybridized carbons (Fsp3) is 0.536. The van der Waals surface area contributed by atoms with Crippen molar-refractivity contribution in [1.82, 2.24) is 9.80 Å². The summed E-state index contributed by atoms with van der Waals surface area (Å²) < 4.78 is 5.80. The van der Waals surface area contributed by atoms with Crippen molar-refractivity contribution in [3.8, 4) is 11.5 Å². The van der Waals surface area contributed by atoms with E-state index in [9.17, 15) is 34.8 Å². The Balaban J connectivity index is 1.72. The standard InChI is InChI=1S/C28H34N2O8/c1-6-7-30-10-15-16(11-30)25(38-5)14-8-13-9-17-21(29(3)4)24(34)18(12(2)31)26(35)28(17,37)27(36)19(13)23(33)20(14)22(15)32/h13,17,21,32-33,35,37H,6-11H2,1-5H3/t13-,17-,21-,28+/m0/s1. The molecule has 3 aliphatic carbocycles. The van der Waals surface area contributed by atoms with Crippen molar-refractivity contribution >= 4 is 23.1 Å². The van der Waals surface area contributed by atoms with Crippen LogP contribution in [0.1, 0.15) is 48.9 Å². The van der Waals surface area contributed by atoms with Crippen LogP contribution in [0.15, 0.2) is 16.9 Å². The van der Waals surface area contributed by atoms with Gasteiger partial charge in [-0.1, -0.05) is 6.92 Å². The van der Waals surface area contributed by atoms with E-state index in [2.05, 4.69) is 11.8 Å². The number of phenols is 1. The number of hydrogen-bond donors (Lipinski definition) is 4. The quantitative estimate of drug-likeness (QED) is 0.419. The highest BCUT2D eigenvalue weighted by atomic mass is 16.5. The number of aliphatic hydroxyl groups is 3. The van der Waals surface area contributed by atoms with Crippen LogP contribution in [0, 0.1) is 11.8 Å². The summed E-state index contributed by atoms with van der Waals surface area (Å²) in [5, 5.41) is 45.6. The van der Waals surface area contributed by atoms with E-state index >= 15 is 0 Å². The molecule has 4 N–H and O–H groups in total. The number of phenolic OH excluding ortho intramolecular Hbond substituents is 1. The van der Waals surface area contributed by atoms with Crippen molar-refractivity contribution in [3.63, 3.8) is 0 Å². The minimum absolute atomic E-state index is 0.0772. The number of aliphatic hydroxyl groups excluding tert-OH is 2. The number of Topliss-reactive ketones (excluding diaryl/α,β-unsaturated/α-hetero) is 3. The van der Waals surface area contributed by atoms with Crippen LogP contribution in [0.5, 0.6) is 11.5 Å². The second kappa shape index (κ2) is 8.93. The van der Waals surface area contributed by atoms with Crippen molar-refractivity contribution in [2.24, 2.45) is 11.8 Å². The van der Waals surface area contributed by atoms with E-state index in [1.54, 1.807) is 14.1 Å². The number of benzene rings is 1. The fourth-order valence-electron chi connectivity index (χ4n) is 7.12. The van der Waals surface area contributed by atoms with E-state index in [4.69, 9.17) is 4.74 Å². The normalized spacial score (nSPS) is 28.9. The van der Waals surface area contributed by atoms with Gasteiger partial charge < -0.3 is 25.2 Å². The number of aromatic hydroxyl groups is 1. The summed E-state index contributed by atoms with van der Waals surface area (Å²) in [6, 6.07) is -1.04. The number of carbonyl (C=O) groups excluding carboxylic acids is 3. The van der Waals surface area contributed by atoms with E-state index in [1.807, 2.05) is 0 Å². The Hall–Kier alpha value is -3.21. The van der Waals surface area contributed by atoms with E-state index in [1.165, 1.54) is 12.0 Å². The van der Waals surface area contributed by atoms with E-state index < -0.39 is 57.9 Å². The van der Waals surface area contributed by atoms with Gasteiger partial charge in [0.05, 0.1) is 18.7 Å². The third-order valence-electron chi connectivity index (χ3n) is 8.66. The minimum atomic E-state index is -2.57. The highest BCUT2D eigenvalue weighted by Gasteiger charge is 2.64. The molecule has 0 spiro atoms. The van der Waals surface area contributed by atoms with Crippen molar-refractivity contribution in [2.45, 2.75) is 57.8 Å². The molecule has 1 aromatic rings. The molecule has 0 amide bonds. The second-order valence-electron chi connectivity index (χ2n) is 11.1. The van der Waals surface area contributed by atoms with Crippen LogP contribution < -0.4 is 4.74 Å². The maximum absolute atomic E-state index is 14.0. The third kappa shape index (κ3) is 3.33. The van der Waals surface area contributed by atoms with Crippen LogP contribution in [-0.2, 0) is 33.9 Å². The van der Waals surface area contributed by atoms with Crippen LogP contribution in [0.2, 0.25) is 0 Å². The van der Waals surface area contributed by atoms with Crippen LogP contribution in [0.3, 0.4) is 0 Å². The Morgan fingerprint density at radius 2 is 1.79 bits per heavy atom. The predicted octanol–water partition coefficient (Wildman–Crippen LogP) is 1.80. The Labute approximate surface area is 220 Å². The molecule has 4 atom stereocenters. The molecule has 10 nitrogen and oxygen atoms in total. The van der Waals surface area contributed by atoms with Crippen LogP contribution in [-0.4, -0.2) is 87.0 Å². The first-order valence-corrected chi connectivity index (χ1v) is 12.9. The number of hydrogen-bond acceptors (Lipinski definition) is 10. The largest absolute Gasteiger partial charge is 0.508 e. The average molecular weight is 527 g/mol. The van der Waals surface area contributed by atoms with Crippen molar-refractivity contribution in [2.75, 3.05) is 27.7 Å². The molecule has 1 aliphatic heterocycles. The number of fused-ring (bicyclic) bond motifs is 4. The van der Waals surface area contributed by atoms with Crippen LogP contribution in [0.4, 0.5) is 0 Å². The molecule has 0 bridgehead atoms. The third-order valence-corrected chi connectivity index (χ3v) is 8.66. The Morgan fingerprint density at radius 1 is 1.13 bits per heavy atom. The van der Waals surface area contributed by atoms with Gasteiger partial charge in [-0.15, -0.1) is 0 Å². The molecule has 4 aliphatic rings. The molecule has 0 unspecified atom stereocenters. The summed E-state index contributed by atoms with van der Waals surface area (Å²) in [6.07, 6.45) is 1.23. The van der Waals surface area contributed by atoms with Crippen molar-refractivity contribution in [1.29, 1.82) is 0 Å². The van der Waals surface area contributed by atoms with Gasteiger partial charge >= 0.3 is 0 Å². The molecule has 1 saturated carbocycles. The van der Waals surface area contributed by atoms with E-state index in [-0.39, 0.29) is 29.7 Å². The molecule has 0 aromatic heterocycles. The number of methoxy groups -OCH3 is 1. The Kier molecular flexibility index (Phi) is 6.20. The maximum atomic E-state index is 14.0. The van der Waals surface area contributed by atoms with Gasteiger partial charge in [-0.25, -0.2) is 0 Å². The molecular weight excluding hydrogens is 492 g/mol. The summed E-state index contributed by atoms with van der Waals surface area (Å²) in [4.78, 5) is 43.3. The zero-order chi connectivity index (χ0) is 27.8. The first-order chi connectivity index (χ1) is 17.9. The number of likely N-dealkylation sites (N-methyl/N-ethyl adjacent to an activating group) is 1. The van der Waals surface area contributed by atoms with Crippen molar-refractivity contribution in [3.05, 3.63) is 39.2 Å². The second-order valence-corrected chi connectivity index (χ2v) is 11.1. The first-order valence-electron chi connectivity index (χ1n) is 12.9. The molecule has 0 radical (unpaired) electrons. The monoisotopic (exact) mass is 526 g/mol. The number of ether oxygens (including phenoxy) is 1.